The highest BCUT2D eigenvalue weighted by atomic mass is 16.6. The van der Waals surface area contributed by atoms with Gasteiger partial charge in [0.05, 0.1) is 0 Å². The maximum Gasteiger partial charge on any atom is 0.303 e. The van der Waals surface area contributed by atoms with Crippen LogP contribution in [0.15, 0.2) is 42.5 Å². The summed E-state index contributed by atoms with van der Waals surface area (Å²) in [7, 11) is 0. The van der Waals surface area contributed by atoms with Crippen molar-refractivity contribution in [3.8, 4) is 0 Å². The topological polar surface area (TPSA) is 52.6 Å². The fourth-order valence-corrected chi connectivity index (χ4v) is 3.55. The van der Waals surface area contributed by atoms with E-state index in [1.165, 1.54) is 13.8 Å². The lowest BCUT2D eigenvalue weighted by Gasteiger charge is -2.29. The zero-order valence-electron chi connectivity index (χ0n) is 13.4. The van der Waals surface area contributed by atoms with Crippen molar-refractivity contribution >= 4 is 39.6 Å². The highest BCUT2D eigenvalue weighted by molar-refractivity contribution is 6.12. The van der Waals surface area contributed by atoms with Crippen molar-refractivity contribution in [1.29, 1.82) is 0 Å². The zero-order valence-corrected chi connectivity index (χ0v) is 13.4. The molecule has 0 radical (unpaired) electrons. The van der Waals surface area contributed by atoms with Gasteiger partial charge in [0.2, 0.25) is 0 Å². The minimum absolute atomic E-state index is 0.402. The lowest BCUT2D eigenvalue weighted by atomic mass is 9.87. The van der Waals surface area contributed by atoms with Crippen LogP contribution in [0, 0.1) is 0 Å². The molecule has 1 aliphatic carbocycles. The molecule has 0 bridgehead atoms. The molecule has 3 aromatic carbocycles. The quantitative estimate of drug-likeness (QED) is 0.681. The molecule has 0 amide bonds. The van der Waals surface area contributed by atoms with Crippen molar-refractivity contribution in [1.82, 2.24) is 0 Å². The van der Waals surface area contributed by atoms with E-state index in [0.717, 1.165) is 32.3 Å². The minimum atomic E-state index is -0.630. The van der Waals surface area contributed by atoms with E-state index in [1.807, 2.05) is 30.3 Å². The monoisotopic (exact) mass is 320 g/mol. The average Bonchev–Trinajstić information content (AvgIpc) is 2.54. The fourth-order valence-electron chi connectivity index (χ4n) is 3.55. The summed E-state index contributed by atoms with van der Waals surface area (Å²) in [6, 6.07) is 14.2. The van der Waals surface area contributed by atoms with Gasteiger partial charge in [0.1, 0.15) is 0 Å². The van der Waals surface area contributed by atoms with Crippen molar-refractivity contribution in [2.45, 2.75) is 26.1 Å². The number of ether oxygens (including phenoxy) is 2. The van der Waals surface area contributed by atoms with Crippen LogP contribution >= 0.6 is 0 Å². The van der Waals surface area contributed by atoms with E-state index in [1.54, 1.807) is 0 Å². The summed E-state index contributed by atoms with van der Waals surface area (Å²) in [6.07, 6.45) is 0.610. The van der Waals surface area contributed by atoms with Gasteiger partial charge >= 0.3 is 11.9 Å². The van der Waals surface area contributed by atoms with Gasteiger partial charge in [-0.05, 0) is 32.8 Å². The molecule has 0 saturated heterocycles. The zero-order chi connectivity index (χ0) is 16.8. The third kappa shape index (κ3) is 2.22. The summed E-state index contributed by atoms with van der Waals surface area (Å²) in [5.74, 6) is -0.806. The summed E-state index contributed by atoms with van der Waals surface area (Å²) in [6.45, 7) is 2.72. The largest absolute Gasteiger partial charge is 0.454 e. The van der Waals surface area contributed by atoms with E-state index in [-0.39, 0.29) is 0 Å². The molecule has 120 valence electrons. The molecular formula is C20H16O4. The van der Waals surface area contributed by atoms with Gasteiger partial charge in [-0.25, -0.2) is 0 Å². The Kier molecular flexibility index (Phi) is 3.27. The van der Waals surface area contributed by atoms with Gasteiger partial charge in [-0.1, -0.05) is 42.5 Å². The predicted octanol–water partition coefficient (Wildman–Crippen LogP) is 3.04. The Morgan fingerprint density at radius 1 is 0.833 bits per heavy atom. The first-order chi connectivity index (χ1) is 11.5. The van der Waals surface area contributed by atoms with Gasteiger partial charge < -0.3 is 9.47 Å². The van der Waals surface area contributed by atoms with E-state index in [9.17, 15) is 9.59 Å². The molecule has 0 saturated carbocycles. The van der Waals surface area contributed by atoms with Gasteiger partial charge in [0.15, 0.2) is 12.2 Å². The molecule has 0 aliphatic heterocycles. The summed E-state index contributed by atoms with van der Waals surface area (Å²) in [4.78, 5) is 23.0. The normalized spacial score (nSPS) is 19.1. The van der Waals surface area contributed by atoms with Crippen molar-refractivity contribution < 1.29 is 19.1 Å². The van der Waals surface area contributed by atoms with Crippen LogP contribution in [0.3, 0.4) is 0 Å². The summed E-state index contributed by atoms with van der Waals surface area (Å²) in [5.41, 5.74) is 0.873. The molecule has 2 unspecified atom stereocenters. The highest BCUT2D eigenvalue weighted by Gasteiger charge is 2.32. The molecule has 0 heterocycles. The number of esters is 2. The number of hydrogen-bond acceptors (Lipinski definition) is 4. The minimum Gasteiger partial charge on any atom is -0.454 e. The first kappa shape index (κ1) is 14.7. The number of benzene rings is 3. The average molecular weight is 320 g/mol. The maximum atomic E-state index is 11.6. The number of hydrogen-bond donors (Lipinski definition) is 0. The Morgan fingerprint density at radius 3 is 2.17 bits per heavy atom. The molecule has 0 aromatic heterocycles. The molecular weight excluding hydrogens is 304 g/mol. The van der Waals surface area contributed by atoms with Crippen LogP contribution in [0.4, 0.5) is 0 Å². The van der Waals surface area contributed by atoms with Crippen LogP contribution in [0.25, 0.3) is 27.6 Å². The van der Waals surface area contributed by atoms with Gasteiger partial charge in [-0.3, -0.25) is 9.59 Å². The SMILES string of the molecule is CC(=O)OC1C=c2ccc3cccc4ccc(c2c43)C1OC(C)=O. The van der Waals surface area contributed by atoms with Crippen molar-refractivity contribution in [3.05, 3.63) is 53.2 Å². The molecule has 0 spiro atoms. The van der Waals surface area contributed by atoms with E-state index in [0.29, 0.717) is 0 Å². The molecule has 4 heteroatoms. The Hall–Kier alpha value is -2.88. The molecule has 3 aromatic rings. The van der Waals surface area contributed by atoms with Gasteiger partial charge in [-0.15, -0.1) is 0 Å². The Morgan fingerprint density at radius 2 is 1.50 bits per heavy atom. The smallest absolute Gasteiger partial charge is 0.303 e. The third-order valence-electron chi connectivity index (χ3n) is 4.38. The Balaban J connectivity index is 2.05. The van der Waals surface area contributed by atoms with E-state index in [4.69, 9.17) is 9.47 Å². The Bertz CT molecular complexity index is 1020. The van der Waals surface area contributed by atoms with E-state index >= 15 is 0 Å². The second kappa shape index (κ2) is 5.34. The first-order valence-corrected chi connectivity index (χ1v) is 7.85. The fraction of sp³-hybridized carbons (Fsp3) is 0.200. The van der Waals surface area contributed by atoms with Crippen molar-refractivity contribution in [2.75, 3.05) is 0 Å². The maximum absolute atomic E-state index is 11.6. The van der Waals surface area contributed by atoms with Crippen LogP contribution in [0.1, 0.15) is 25.5 Å². The molecule has 0 fully saturated rings. The van der Waals surface area contributed by atoms with Crippen molar-refractivity contribution in [2.24, 2.45) is 0 Å². The first-order valence-electron chi connectivity index (χ1n) is 7.85. The lowest BCUT2D eigenvalue weighted by Crippen LogP contribution is -2.32. The second-order valence-corrected chi connectivity index (χ2v) is 6.03. The van der Waals surface area contributed by atoms with Crippen LogP contribution in [0.2, 0.25) is 0 Å². The van der Waals surface area contributed by atoms with Gasteiger partial charge in [-0.2, -0.15) is 0 Å². The molecule has 2 atom stereocenters. The lowest BCUT2D eigenvalue weighted by molar-refractivity contribution is -0.161. The number of carbonyl (C=O) groups excluding carboxylic acids is 2. The van der Waals surface area contributed by atoms with Crippen LogP contribution in [-0.4, -0.2) is 18.0 Å². The van der Waals surface area contributed by atoms with E-state index < -0.39 is 24.1 Å². The third-order valence-corrected chi connectivity index (χ3v) is 4.38. The predicted molar refractivity (Wildman–Crippen MR) is 91.2 cm³/mol. The number of carbonyl (C=O) groups is 2. The molecule has 4 rings (SSSR count). The summed E-state index contributed by atoms with van der Waals surface area (Å²) in [5, 5.41) is 5.45. The molecule has 0 N–H and O–H groups in total. The van der Waals surface area contributed by atoms with Crippen LogP contribution in [0.5, 0.6) is 0 Å². The molecule has 1 aliphatic rings. The summed E-state index contributed by atoms with van der Waals surface area (Å²) < 4.78 is 10.9. The van der Waals surface area contributed by atoms with Gasteiger partial charge in [0, 0.05) is 19.4 Å². The molecule has 4 nitrogen and oxygen atoms in total. The van der Waals surface area contributed by atoms with Crippen LogP contribution < -0.4 is 5.22 Å². The van der Waals surface area contributed by atoms with Crippen LogP contribution in [-0.2, 0) is 19.1 Å². The molecule has 24 heavy (non-hydrogen) atoms. The van der Waals surface area contributed by atoms with Crippen molar-refractivity contribution in [3.63, 3.8) is 0 Å². The van der Waals surface area contributed by atoms with E-state index in [2.05, 4.69) is 18.2 Å². The number of rotatable bonds is 2. The highest BCUT2D eigenvalue weighted by Crippen LogP contribution is 2.36. The Labute approximate surface area is 138 Å². The standard InChI is InChI=1S/C20H16O4/c1-11(21)23-17-10-15-7-6-13-4-3-5-14-8-9-16(19(15)18(13)14)20(17)24-12(2)22/h3-10,17,20H,1-2H3. The summed E-state index contributed by atoms with van der Waals surface area (Å²) >= 11 is 0. The second-order valence-electron chi connectivity index (χ2n) is 6.03. The van der Waals surface area contributed by atoms with Gasteiger partial charge in [0.25, 0.3) is 0 Å².